The molecular weight excluding hydrogens is 270 g/mol. The van der Waals surface area contributed by atoms with Gasteiger partial charge in [0.1, 0.15) is 0 Å². The molecule has 22 heavy (non-hydrogen) atoms. The number of rotatable bonds is 6. The lowest BCUT2D eigenvalue weighted by molar-refractivity contribution is 0.920. The van der Waals surface area contributed by atoms with E-state index in [1.165, 1.54) is 11.1 Å². The zero-order valence-electron chi connectivity index (χ0n) is 13.5. The van der Waals surface area contributed by atoms with Crippen LogP contribution in [0.25, 0.3) is 0 Å². The van der Waals surface area contributed by atoms with Gasteiger partial charge < -0.3 is 5.73 Å². The Morgan fingerprint density at radius 3 is 1.73 bits per heavy atom. The van der Waals surface area contributed by atoms with Crippen molar-refractivity contribution in [1.29, 1.82) is 5.41 Å². The Balaban J connectivity index is 2.40. The van der Waals surface area contributed by atoms with Crippen LogP contribution in [-0.4, -0.2) is 5.96 Å². The number of aryl methyl sites for hydroxylation is 2. The van der Waals surface area contributed by atoms with Crippen molar-refractivity contribution < 1.29 is 0 Å². The molecule has 0 aliphatic heterocycles. The van der Waals surface area contributed by atoms with Gasteiger partial charge >= 0.3 is 0 Å². The summed E-state index contributed by atoms with van der Waals surface area (Å²) < 4.78 is 0. The first-order valence-corrected chi connectivity index (χ1v) is 7.97. The molecule has 0 aliphatic rings. The normalized spacial score (nSPS) is 10.5. The quantitative estimate of drug-likeness (QED) is 0.603. The molecular formula is C19H25N3. The number of hydrogen-bond donors (Lipinski definition) is 2. The molecule has 2 rings (SSSR count). The van der Waals surface area contributed by atoms with Crippen molar-refractivity contribution >= 4 is 17.3 Å². The number of hydrogen-bond acceptors (Lipinski definition) is 1. The summed E-state index contributed by atoms with van der Waals surface area (Å²) in [5.74, 6) is 0.0438. The van der Waals surface area contributed by atoms with Crippen molar-refractivity contribution in [3.8, 4) is 0 Å². The third kappa shape index (κ3) is 3.88. The fourth-order valence-corrected chi connectivity index (χ4v) is 2.71. The average Bonchev–Trinajstić information content (AvgIpc) is 2.49. The Bertz CT molecular complexity index is 585. The van der Waals surface area contributed by atoms with Gasteiger partial charge in [-0.05, 0) is 48.2 Å². The summed E-state index contributed by atoms with van der Waals surface area (Å²) in [4.78, 5) is 1.80. The van der Waals surface area contributed by atoms with Crippen molar-refractivity contribution in [2.24, 2.45) is 5.73 Å². The van der Waals surface area contributed by atoms with E-state index in [4.69, 9.17) is 11.1 Å². The van der Waals surface area contributed by atoms with Crippen LogP contribution >= 0.6 is 0 Å². The monoisotopic (exact) mass is 295 g/mol. The van der Waals surface area contributed by atoms with E-state index in [2.05, 4.69) is 38.1 Å². The highest BCUT2D eigenvalue weighted by Crippen LogP contribution is 2.27. The SMILES string of the molecule is CCCc1cccc(N(C(=N)N)c2cccc(CCC)c2)c1. The van der Waals surface area contributed by atoms with E-state index in [0.29, 0.717) is 0 Å². The molecule has 0 spiro atoms. The van der Waals surface area contributed by atoms with Gasteiger partial charge in [0.25, 0.3) is 0 Å². The largest absolute Gasteiger partial charge is 0.369 e. The highest BCUT2D eigenvalue weighted by molar-refractivity contribution is 5.99. The van der Waals surface area contributed by atoms with Crippen LogP contribution in [0.2, 0.25) is 0 Å². The first kappa shape index (κ1) is 16.1. The summed E-state index contributed by atoms with van der Waals surface area (Å²) in [6, 6.07) is 16.6. The van der Waals surface area contributed by atoms with Gasteiger partial charge in [0.2, 0.25) is 0 Å². The molecule has 0 heterocycles. The Morgan fingerprint density at radius 2 is 1.36 bits per heavy atom. The van der Waals surface area contributed by atoms with Crippen LogP contribution in [-0.2, 0) is 12.8 Å². The van der Waals surface area contributed by atoms with Crippen LogP contribution in [0.1, 0.15) is 37.8 Å². The van der Waals surface area contributed by atoms with Crippen LogP contribution in [0, 0.1) is 5.41 Å². The molecule has 0 amide bonds. The topological polar surface area (TPSA) is 53.1 Å². The van der Waals surface area contributed by atoms with E-state index < -0.39 is 0 Å². The van der Waals surface area contributed by atoms with Gasteiger partial charge in [-0.25, -0.2) is 0 Å². The van der Waals surface area contributed by atoms with Gasteiger partial charge in [0.05, 0.1) is 0 Å². The predicted molar refractivity (Wildman–Crippen MR) is 94.9 cm³/mol. The number of nitrogens with two attached hydrogens (primary N) is 1. The minimum atomic E-state index is 0.0438. The smallest absolute Gasteiger partial charge is 0.197 e. The van der Waals surface area contributed by atoms with E-state index >= 15 is 0 Å². The predicted octanol–water partition coefficient (Wildman–Crippen LogP) is 4.62. The maximum atomic E-state index is 7.98. The number of guanidine groups is 1. The highest BCUT2D eigenvalue weighted by atomic mass is 15.2. The van der Waals surface area contributed by atoms with Gasteiger partial charge in [-0.3, -0.25) is 10.3 Å². The zero-order chi connectivity index (χ0) is 15.9. The molecule has 0 unspecified atom stereocenters. The molecule has 3 heteroatoms. The third-order valence-corrected chi connectivity index (χ3v) is 3.66. The number of benzene rings is 2. The average molecular weight is 295 g/mol. The van der Waals surface area contributed by atoms with Crippen LogP contribution < -0.4 is 10.6 Å². The molecule has 0 saturated heterocycles. The van der Waals surface area contributed by atoms with Gasteiger partial charge in [0, 0.05) is 11.4 Å². The summed E-state index contributed by atoms with van der Waals surface area (Å²) in [5.41, 5.74) is 10.3. The van der Waals surface area contributed by atoms with E-state index in [1.54, 1.807) is 4.90 Å². The lowest BCUT2D eigenvalue weighted by atomic mass is 10.1. The molecule has 2 aromatic rings. The van der Waals surface area contributed by atoms with Crippen LogP contribution in [0.15, 0.2) is 48.5 Å². The van der Waals surface area contributed by atoms with Crippen molar-refractivity contribution in [2.45, 2.75) is 39.5 Å². The van der Waals surface area contributed by atoms with Crippen LogP contribution in [0.4, 0.5) is 11.4 Å². The van der Waals surface area contributed by atoms with Crippen molar-refractivity contribution in [3.63, 3.8) is 0 Å². The minimum absolute atomic E-state index is 0.0438. The zero-order valence-corrected chi connectivity index (χ0v) is 13.5. The van der Waals surface area contributed by atoms with E-state index in [9.17, 15) is 0 Å². The molecule has 0 saturated carbocycles. The van der Waals surface area contributed by atoms with Crippen LogP contribution in [0.5, 0.6) is 0 Å². The first-order valence-electron chi connectivity index (χ1n) is 7.97. The van der Waals surface area contributed by atoms with Crippen molar-refractivity contribution in [1.82, 2.24) is 0 Å². The third-order valence-electron chi connectivity index (χ3n) is 3.66. The fraction of sp³-hybridized carbons (Fsp3) is 0.316. The first-order chi connectivity index (χ1) is 10.7. The second-order valence-corrected chi connectivity index (χ2v) is 5.56. The highest BCUT2D eigenvalue weighted by Gasteiger charge is 2.13. The lowest BCUT2D eigenvalue weighted by Crippen LogP contribution is -2.32. The number of anilines is 2. The Morgan fingerprint density at radius 1 is 0.909 bits per heavy atom. The molecule has 0 atom stereocenters. The second-order valence-electron chi connectivity index (χ2n) is 5.56. The van der Waals surface area contributed by atoms with Gasteiger partial charge in [-0.1, -0.05) is 51.0 Å². The van der Waals surface area contributed by atoms with Crippen molar-refractivity contribution in [3.05, 3.63) is 59.7 Å². The van der Waals surface area contributed by atoms with Gasteiger partial charge in [0.15, 0.2) is 5.96 Å². The van der Waals surface area contributed by atoms with Crippen molar-refractivity contribution in [2.75, 3.05) is 4.90 Å². The molecule has 3 N–H and O–H groups in total. The summed E-state index contributed by atoms with van der Waals surface area (Å²) >= 11 is 0. The minimum Gasteiger partial charge on any atom is -0.369 e. The van der Waals surface area contributed by atoms with E-state index in [-0.39, 0.29) is 5.96 Å². The van der Waals surface area contributed by atoms with Gasteiger partial charge in [-0.2, -0.15) is 0 Å². The fourth-order valence-electron chi connectivity index (χ4n) is 2.71. The lowest BCUT2D eigenvalue weighted by Gasteiger charge is -2.24. The summed E-state index contributed by atoms with van der Waals surface area (Å²) in [6.45, 7) is 4.34. The maximum Gasteiger partial charge on any atom is 0.197 e. The second kappa shape index (κ2) is 7.64. The standard InChI is InChI=1S/C19H25N3/c1-3-7-15-9-5-11-17(13-15)22(19(20)21)18-12-6-10-16(14-18)8-4-2/h5-6,9-14H,3-4,7-8H2,1-2H3,(H3,20,21). The molecule has 116 valence electrons. The summed E-state index contributed by atoms with van der Waals surface area (Å²) in [5, 5.41) is 7.98. The van der Waals surface area contributed by atoms with E-state index in [1.807, 2.05) is 24.3 Å². The Kier molecular flexibility index (Phi) is 5.59. The molecule has 0 aliphatic carbocycles. The van der Waals surface area contributed by atoms with Gasteiger partial charge in [-0.15, -0.1) is 0 Å². The molecule has 0 radical (unpaired) electrons. The Labute approximate surface area is 133 Å². The number of nitrogens with one attached hydrogen (secondary N) is 1. The van der Waals surface area contributed by atoms with E-state index in [0.717, 1.165) is 37.1 Å². The molecule has 0 bridgehead atoms. The molecule has 0 fully saturated rings. The molecule has 0 aromatic heterocycles. The maximum absolute atomic E-state index is 7.98. The molecule has 3 nitrogen and oxygen atoms in total. The summed E-state index contributed by atoms with van der Waals surface area (Å²) in [6.07, 6.45) is 4.29. The summed E-state index contributed by atoms with van der Waals surface area (Å²) in [7, 11) is 0. The van der Waals surface area contributed by atoms with Crippen LogP contribution in [0.3, 0.4) is 0 Å². The molecule has 2 aromatic carbocycles. The number of nitrogens with zero attached hydrogens (tertiary/aromatic N) is 1. The Hall–Kier alpha value is -2.29.